The third-order valence-electron chi connectivity index (χ3n) is 2.48. The van der Waals surface area contributed by atoms with Crippen molar-refractivity contribution in [3.8, 4) is 0 Å². The number of carboxylic acids is 1. The monoisotopic (exact) mass is 282 g/mol. The summed E-state index contributed by atoms with van der Waals surface area (Å²) in [4.78, 5) is 54.3. The van der Waals surface area contributed by atoms with Gasteiger partial charge in [0.2, 0.25) is 11.8 Å². The van der Waals surface area contributed by atoms with Crippen molar-refractivity contribution < 1.29 is 29.1 Å². The van der Waals surface area contributed by atoms with Gasteiger partial charge in [0.15, 0.2) is 0 Å². The highest BCUT2D eigenvalue weighted by molar-refractivity contribution is 6.16. The summed E-state index contributed by atoms with van der Waals surface area (Å²) in [5.41, 5.74) is 0. The van der Waals surface area contributed by atoms with Crippen LogP contribution in [0.4, 0.5) is 0 Å². The number of hydrogen-bond acceptors (Lipinski definition) is 5. The Labute approximate surface area is 114 Å². The maximum atomic E-state index is 11.2. The number of aliphatic carboxylic acids is 1. The Kier molecular flexibility index (Phi) is 5.13. The van der Waals surface area contributed by atoms with Crippen molar-refractivity contribution in [1.29, 1.82) is 0 Å². The first kappa shape index (κ1) is 15.5. The van der Waals surface area contributed by atoms with Gasteiger partial charge in [-0.25, -0.2) is 0 Å². The minimum Gasteiger partial charge on any atom is -0.481 e. The summed E-state index contributed by atoms with van der Waals surface area (Å²) in [6.07, 6.45) is 3.18. The molecule has 0 atom stereocenters. The van der Waals surface area contributed by atoms with E-state index < -0.39 is 29.6 Å². The lowest BCUT2D eigenvalue weighted by Crippen LogP contribution is -2.49. The first-order valence-electron chi connectivity index (χ1n) is 6.02. The van der Waals surface area contributed by atoms with Gasteiger partial charge in [-0.15, -0.1) is 0 Å². The Balaban J connectivity index is 0.000000286. The van der Waals surface area contributed by atoms with Gasteiger partial charge in [0, 0.05) is 31.4 Å². The van der Waals surface area contributed by atoms with Crippen LogP contribution in [0.5, 0.6) is 0 Å². The molecule has 1 N–H and O–H groups in total. The van der Waals surface area contributed by atoms with E-state index in [4.69, 9.17) is 5.11 Å². The van der Waals surface area contributed by atoms with Crippen molar-refractivity contribution in [2.75, 3.05) is 0 Å². The number of amides is 4. The van der Waals surface area contributed by atoms with Gasteiger partial charge in [-0.05, 0) is 6.42 Å². The normalized spacial score (nSPS) is 17.6. The Hall–Kier alpha value is -2.51. The summed E-state index contributed by atoms with van der Waals surface area (Å²) in [5, 5.41) is 9.10. The van der Waals surface area contributed by atoms with Gasteiger partial charge < -0.3 is 5.11 Å². The number of carbonyl (C=O) groups excluding carboxylic acids is 4. The number of imide groups is 2. The zero-order valence-electron chi connectivity index (χ0n) is 10.9. The molecule has 20 heavy (non-hydrogen) atoms. The lowest BCUT2D eigenvalue weighted by atomic mass is 10.4. The van der Waals surface area contributed by atoms with E-state index in [9.17, 15) is 24.0 Å². The van der Waals surface area contributed by atoms with Crippen LogP contribution in [0.1, 0.15) is 32.6 Å². The molecule has 8 heteroatoms. The topological polar surface area (TPSA) is 112 Å². The lowest BCUT2D eigenvalue weighted by Gasteiger charge is -2.22. The smallest absolute Gasteiger partial charge is 0.303 e. The minimum atomic E-state index is -0.711. The van der Waals surface area contributed by atoms with Crippen molar-refractivity contribution in [3.05, 3.63) is 12.2 Å². The number of carbonyl (C=O) groups is 5. The highest BCUT2D eigenvalue weighted by Crippen LogP contribution is 2.18. The summed E-state index contributed by atoms with van der Waals surface area (Å²) in [6, 6.07) is 0. The lowest BCUT2D eigenvalue weighted by molar-refractivity contribution is -0.170. The highest BCUT2D eigenvalue weighted by atomic mass is 16.4. The third kappa shape index (κ3) is 3.50. The average Bonchev–Trinajstić information content (AvgIpc) is 2.85. The van der Waals surface area contributed by atoms with Crippen molar-refractivity contribution in [1.82, 2.24) is 10.0 Å². The van der Waals surface area contributed by atoms with E-state index in [-0.39, 0.29) is 12.8 Å². The SMILES string of the molecule is CCCC(=O)O.O=C1C=CC(=O)N1N1C(=O)CCC1=O. The molecule has 0 aromatic rings. The Morgan fingerprint density at radius 1 is 1.05 bits per heavy atom. The van der Waals surface area contributed by atoms with E-state index in [2.05, 4.69) is 0 Å². The second-order valence-corrected chi connectivity index (χ2v) is 4.06. The Morgan fingerprint density at radius 2 is 1.50 bits per heavy atom. The first-order chi connectivity index (χ1) is 9.38. The van der Waals surface area contributed by atoms with E-state index in [0.29, 0.717) is 16.4 Å². The van der Waals surface area contributed by atoms with Crippen LogP contribution in [-0.4, -0.2) is 44.7 Å². The van der Waals surface area contributed by atoms with Crippen LogP contribution in [0.3, 0.4) is 0 Å². The molecule has 0 spiro atoms. The number of rotatable bonds is 3. The quantitative estimate of drug-likeness (QED) is 0.720. The molecule has 0 bridgehead atoms. The summed E-state index contributed by atoms with van der Waals surface area (Å²) in [5.74, 6) is -3.05. The fourth-order valence-corrected chi connectivity index (χ4v) is 1.59. The van der Waals surface area contributed by atoms with E-state index in [1.807, 2.05) is 6.92 Å². The van der Waals surface area contributed by atoms with Gasteiger partial charge in [0.05, 0.1) is 0 Å². The van der Waals surface area contributed by atoms with Crippen molar-refractivity contribution in [2.45, 2.75) is 32.6 Å². The summed E-state index contributed by atoms with van der Waals surface area (Å²) < 4.78 is 0. The van der Waals surface area contributed by atoms with Gasteiger partial charge in [-0.1, -0.05) is 6.92 Å². The number of hydrazine groups is 1. The molecule has 108 valence electrons. The second-order valence-electron chi connectivity index (χ2n) is 4.06. The molecule has 1 saturated heterocycles. The standard InChI is InChI=1S/C8H6N2O4.C4H8O2/c11-5-1-2-6(12)9(5)10-7(13)3-4-8(10)14;1-2-3-4(5)6/h1-2H,3-4H2;2-3H2,1H3,(H,5,6). The van der Waals surface area contributed by atoms with Crippen molar-refractivity contribution in [2.24, 2.45) is 0 Å². The molecule has 1 fully saturated rings. The molecule has 0 saturated carbocycles. The van der Waals surface area contributed by atoms with Crippen LogP contribution < -0.4 is 0 Å². The molecular weight excluding hydrogens is 268 g/mol. The van der Waals surface area contributed by atoms with Gasteiger partial charge >= 0.3 is 5.97 Å². The Morgan fingerprint density at radius 3 is 1.80 bits per heavy atom. The predicted molar refractivity (Wildman–Crippen MR) is 64.6 cm³/mol. The molecule has 2 rings (SSSR count). The highest BCUT2D eigenvalue weighted by Gasteiger charge is 2.40. The van der Waals surface area contributed by atoms with Crippen LogP contribution in [0.15, 0.2) is 12.2 Å². The van der Waals surface area contributed by atoms with Crippen LogP contribution in [0, 0.1) is 0 Å². The number of hydrogen-bond donors (Lipinski definition) is 1. The molecule has 0 aliphatic carbocycles. The maximum absolute atomic E-state index is 11.2. The average molecular weight is 282 g/mol. The first-order valence-corrected chi connectivity index (χ1v) is 6.02. The van der Waals surface area contributed by atoms with Gasteiger partial charge in [0.1, 0.15) is 0 Å². The van der Waals surface area contributed by atoms with Gasteiger partial charge in [-0.3, -0.25) is 24.0 Å². The molecule has 2 heterocycles. The molecule has 0 radical (unpaired) electrons. The predicted octanol–water partition coefficient (Wildman–Crippen LogP) is -0.153. The van der Waals surface area contributed by atoms with E-state index in [1.54, 1.807) is 0 Å². The molecule has 2 aliphatic heterocycles. The summed E-state index contributed by atoms with van der Waals surface area (Å²) in [6.45, 7) is 1.84. The van der Waals surface area contributed by atoms with Crippen LogP contribution in [0.25, 0.3) is 0 Å². The summed E-state index contributed by atoms with van der Waals surface area (Å²) in [7, 11) is 0. The fourth-order valence-electron chi connectivity index (χ4n) is 1.59. The zero-order valence-corrected chi connectivity index (χ0v) is 10.9. The third-order valence-corrected chi connectivity index (χ3v) is 2.48. The second kappa shape index (κ2) is 6.60. The van der Waals surface area contributed by atoms with Gasteiger partial charge in [-0.2, -0.15) is 10.0 Å². The van der Waals surface area contributed by atoms with Gasteiger partial charge in [0.25, 0.3) is 11.8 Å². The van der Waals surface area contributed by atoms with Crippen LogP contribution in [-0.2, 0) is 24.0 Å². The van der Waals surface area contributed by atoms with E-state index >= 15 is 0 Å². The molecule has 8 nitrogen and oxygen atoms in total. The number of carboxylic acid groups (broad SMARTS) is 1. The molecule has 0 aromatic carbocycles. The fraction of sp³-hybridized carbons (Fsp3) is 0.417. The summed E-state index contributed by atoms with van der Waals surface area (Å²) >= 11 is 0. The van der Waals surface area contributed by atoms with Crippen molar-refractivity contribution >= 4 is 29.6 Å². The van der Waals surface area contributed by atoms with E-state index in [0.717, 1.165) is 18.6 Å². The molecule has 2 aliphatic rings. The van der Waals surface area contributed by atoms with Crippen LogP contribution in [0.2, 0.25) is 0 Å². The maximum Gasteiger partial charge on any atom is 0.303 e. The van der Waals surface area contributed by atoms with E-state index in [1.165, 1.54) is 0 Å². The molecule has 0 unspecified atom stereocenters. The number of nitrogens with zero attached hydrogens (tertiary/aromatic N) is 2. The van der Waals surface area contributed by atoms with Crippen LogP contribution >= 0.6 is 0 Å². The minimum absolute atomic E-state index is 0.0515. The largest absolute Gasteiger partial charge is 0.481 e. The Bertz CT molecular complexity index is 462. The zero-order chi connectivity index (χ0) is 15.3. The molecular formula is C12H14N2O6. The van der Waals surface area contributed by atoms with Crippen molar-refractivity contribution in [3.63, 3.8) is 0 Å². The molecule has 4 amide bonds. The molecule has 0 aromatic heterocycles.